The number of likely N-dealkylation sites (tertiary alicyclic amines) is 1. The van der Waals surface area contributed by atoms with Gasteiger partial charge in [-0.1, -0.05) is 12.2 Å². The van der Waals surface area contributed by atoms with Crippen molar-refractivity contribution in [3.05, 3.63) is 12.2 Å². The van der Waals surface area contributed by atoms with Crippen LogP contribution in [0, 0.1) is 0 Å². The smallest absolute Gasteiger partial charge is 0.444 e. The van der Waals surface area contributed by atoms with Crippen molar-refractivity contribution < 1.29 is 31.5 Å². The molecule has 0 aromatic carbocycles. The molecule has 1 aliphatic rings. The van der Waals surface area contributed by atoms with Crippen LogP contribution in [0.15, 0.2) is 12.2 Å². The first-order valence-electron chi connectivity index (χ1n) is 7.94. The van der Waals surface area contributed by atoms with Gasteiger partial charge < -0.3 is 9.64 Å². The number of unbranched alkanes of at least 4 members (excludes halogenated alkanes) is 1. The Kier molecular flexibility index (Phi) is 6.64. The lowest BCUT2D eigenvalue weighted by atomic mass is 10.1. The van der Waals surface area contributed by atoms with Crippen LogP contribution in [0.1, 0.15) is 52.9 Å². The Balaban J connectivity index is 2.45. The highest BCUT2D eigenvalue weighted by Gasteiger charge is 2.56. The maximum atomic E-state index is 12.8. The third kappa shape index (κ3) is 6.28. The summed E-state index contributed by atoms with van der Waals surface area (Å²) in [7, 11) is 0. The van der Waals surface area contributed by atoms with Crippen LogP contribution in [0.2, 0.25) is 0 Å². The molecule has 0 aromatic rings. The van der Waals surface area contributed by atoms with E-state index in [1.54, 1.807) is 37.8 Å². The van der Waals surface area contributed by atoms with Crippen LogP contribution in [0.5, 0.6) is 0 Å². The molecule has 0 aliphatic carbocycles. The fraction of sp³-hybridized carbons (Fsp3) is 0.812. The van der Waals surface area contributed by atoms with E-state index in [0.29, 0.717) is 13.0 Å². The number of allylic oxidation sites excluding steroid dienone is 1. The van der Waals surface area contributed by atoms with E-state index in [-0.39, 0.29) is 18.9 Å². The first kappa shape index (κ1) is 20.7. The van der Waals surface area contributed by atoms with Gasteiger partial charge in [0, 0.05) is 13.0 Å². The third-order valence-corrected chi connectivity index (χ3v) is 3.56. The topological polar surface area (TPSA) is 29.5 Å². The quantitative estimate of drug-likeness (QED) is 0.379. The fourth-order valence-corrected chi connectivity index (χ4v) is 2.38. The van der Waals surface area contributed by atoms with E-state index in [4.69, 9.17) is 4.74 Å². The molecule has 1 atom stereocenters. The maximum Gasteiger partial charge on any atom is 0.453 e. The van der Waals surface area contributed by atoms with Crippen molar-refractivity contribution in [2.75, 3.05) is 6.54 Å². The number of hydrogen-bond acceptors (Lipinski definition) is 2. The minimum atomic E-state index is -5.50. The number of rotatable bonds is 5. The monoisotopic (exact) mass is 357 g/mol. The highest BCUT2D eigenvalue weighted by molar-refractivity contribution is 5.69. The second kappa shape index (κ2) is 7.70. The Bertz CT molecular complexity index is 454. The predicted molar refractivity (Wildman–Crippen MR) is 80.0 cm³/mol. The molecule has 0 radical (unpaired) electrons. The number of nitrogens with zero attached hydrogens (tertiary/aromatic N) is 1. The summed E-state index contributed by atoms with van der Waals surface area (Å²) in [5.41, 5.74) is -0.614. The van der Waals surface area contributed by atoms with Crippen molar-refractivity contribution in [3.8, 4) is 0 Å². The third-order valence-electron chi connectivity index (χ3n) is 3.56. The summed E-state index contributed by atoms with van der Waals surface area (Å²) in [6.07, 6.45) is -2.61. The zero-order valence-corrected chi connectivity index (χ0v) is 14.1. The Morgan fingerprint density at radius 2 is 1.83 bits per heavy atom. The van der Waals surface area contributed by atoms with E-state index in [2.05, 4.69) is 0 Å². The molecule has 24 heavy (non-hydrogen) atoms. The highest BCUT2D eigenvalue weighted by Crippen LogP contribution is 2.39. The normalized spacial score (nSPS) is 20.0. The van der Waals surface area contributed by atoms with Crippen LogP contribution in [0.25, 0.3) is 0 Å². The van der Waals surface area contributed by atoms with Crippen molar-refractivity contribution in [3.63, 3.8) is 0 Å². The van der Waals surface area contributed by atoms with Gasteiger partial charge in [0.05, 0.1) is 6.04 Å². The molecule has 8 heteroatoms. The maximum absolute atomic E-state index is 12.8. The van der Waals surface area contributed by atoms with Gasteiger partial charge in [0.25, 0.3) is 0 Å². The lowest BCUT2D eigenvalue weighted by Gasteiger charge is -2.27. The van der Waals surface area contributed by atoms with Gasteiger partial charge in [-0.2, -0.15) is 22.0 Å². The molecular formula is C16H24F5NO2. The summed E-state index contributed by atoms with van der Waals surface area (Å²) < 4.78 is 66.9. The first-order valence-corrected chi connectivity index (χ1v) is 7.94. The number of ether oxygens (including phenoxy) is 1. The van der Waals surface area contributed by atoms with E-state index >= 15 is 0 Å². The van der Waals surface area contributed by atoms with E-state index in [9.17, 15) is 26.7 Å². The predicted octanol–water partition coefficient (Wildman–Crippen LogP) is 5.31. The summed E-state index contributed by atoms with van der Waals surface area (Å²) in [4.78, 5) is 13.6. The van der Waals surface area contributed by atoms with Crippen LogP contribution in [-0.4, -0.2) is 41.3 Å². The van der Waals surface area contributed by atoms with Crippen LogP contribution < -0.4 is 0 Å². The van der Waals surface area contributed by atoms with Gasteiger partial charge in [0.1, 0.15) is 5.60 Å². The van der Waals surface area contributed by atoms with Gasteiger partial charge in [-0.25, -0.2) is 4.79 Å². The van der Waals surface area contributed by atoms with Gasteiger partial charge in [-0.15, -0.1) is 0 Å². The Morgan fingerprint density at radius 1 is 1.21 bits per heavy atom. The van der Waals surface area contributed by atoms with Crippen molar-refractivity contribution in [1.29, 1.82) is 0 Å². The summed E-state index contributed by atoms with van der Waals surface area (Å²) in [5.74, 6) is -4.66. The number of carbonyl (C=O) groups is 1. The zero-order chi connectivity index (χ0) is 18.6. The molecular weight excluding hydrogens is 333 g/mol. The van der Waals surface area contributed by atoms with E-state index < -0.39 is 30.2 Å². The van der Waals surface area contributed by atoms with Crippen LogP contribution >= 0.6 is 0 Å². The van der Waals surface area contributed by atoms with Crippen LogP contribution in [0.3, 0.4) is 0 Å². The van der Waals surface area contributed by atoms with E-state index in [1.807, 2.05) is 0 Å². The van der Waals surface area contributed by atoms with Crippen molar-refractivity contribution >= 4 is 6.09 Å². The molecule has 140 valence electrons. The summed E-state index contributed by atoms with van der Waals surface area (Å²) in [6.45, 7) is 5.81. The minimum Gasteiger partial charge on any atom is -0.444 e. The Hall–Kier alpha value is -1.34. The summed E-state index contributed by atoms with van der Waals surface area (Å²) in [5, 5.41) is 0. The number of alkyl halides is 5. The Labute approximate surface area is 138 Å². The van der Waals surface area contributed by atoms with Gasteiger partial charge in [0.15, 0.2) is 0 Å². The number of carbonyl (C=O) groups excluding carboxylic acids is 1. The Morgan fingerprint density at radius 3 is 2.38 bits per heavy atom. The average molecular weight is 357 g/mol. The van der Waals surface area contributed by atoms with Crippen molar-refractivity contribution in [1.82, 2.24) is 4.90 Å². The second-order valence-electron chi connectivity index (χ2n) is 6.91. The van der Waals surface area contributed by atoms with Crippen molar-refractivity contribution in [2.24, 2.45) is 0 Å². The molecule has 0 saturated carbocycles. The number of halogens is 5. The average Bonchev–Trinajstić information content (AvgIpc) is 2.83. The molecule has 1 rings (SSSR count). The second-order valence-corrected chi connectivity index (χ2v) is 6.91. The lowest BCUT2D eigenvalue weighted by molar-refractivity contribution is -0.284. The zero-order valence-electron chi connectivity index (χ0n) is 14.1. The van der Waals surface area contributed by atoms with Gasteiger partial charge in [0.2, 0.25) is 0 Å². The lowest BCUT2D eigenvalue weighted by Crippen LogP contribution is -2.39. The first-order chi connectivity index (χ1) is 10.8. The van der Waals surface area contributed by atoms with E-state index in [0.717, 1.165) is 6.42 Å². The van der Waals surface area contributed by atoms with E-state index in [1.165, 1.54) is 0 Å². The molecule has 0 aromatic heterocycles. The standard InChI is InChI=1S/C16H24F5NO2/c1-14(2,3)24-13(23)22-11-7-9-12(22)8-5-4-6-10-15(17,18)16(19,20)21/h5,8,12H,4,6-7,9-11H2,1-3H3/t12-/m1/s1. The SMILES string of the molecule is CC(C)(C)OC(=O)N1CCC[C@H]1C=CCCCC(F)(F)C(F)(F)F. The van der Waals surface area contributed by atoms with Gasteiger partial charge >= 0.3 is 18.2 Å². The summed E-state index contributed by atoms with van der Waals surface area (Å²) >= 11 is 0. The van der Waals surface area contributed by atoms with Crippen LogP contribution in [0.4, 0.5) is 26.7 Å². The largest absolute Gasteiger partial charge is 0.453 e. The molecule has 1 amide bonds. The van der Waals surface area contributed by atoms with Crippen molar-refractivity contribution in [2.45, 2.75) is 76.6 Å². The molecule has 1 aliphatic heterocycles. The molecule has 0 unspecified atom stereocenters. The van der Waals surface area contributed by atoms with Gasteiger partial charge in [-0.3, -0.25) is 0 Å². The van der Waals surface area contributed by atoms with Crippen LogP contribution in [-0.2, 0) is 4.74 Å². The number of amides is 1. The number of hydrogen-bond donors (Lipinski definition) is 0. The fourth-order valence-electron chi connectivity index (χ4n) is 2.38. The summed E-state index contributed by atoms with van der Waals surface area (Å²) in [6, 6.07) is -0.206. The molecule has 3 nitrogen and oxygen atoms in total. The molecule has 1 heterocycles. The molecule has 1 saturated heterocycles. The highest BCUT2D eigenvalue weighted by atomic mass is 19.4. The molecule has 0 N–H and O–H groups in total. The molecule has 1 fully saturated rings. The molecule has 0 bridgehead atoms. The minimum absolute atomic E-state index is 0.102. The molecule has 0 spiro atoms. The van der Waals surface area contributed by atoms with Gasteiger partial charge in [-0.05, 0) is 46.5 Å².